The summed E-state index contributed by atoms with van der Waals surface area (Å²) < 4.78 is 10.4. The lowest BCUT2D eigenvalue weighted by atomic mass is 10.2. The van der Waals surface area contributed by atoms with Crippen LogP contribution in [0.15, 0.2) is 60.8 Å². The first-order valence-electron chi connectivity index (χ1n) is 8.33. The number of benzene rings is 2. The van der Waals surface area contributed by atoms with E-state index in [4.69, 9.17) is 9.47 Å². The molecule has 1 aromatic heterocycles. The van der Waals surface area contributed by atoms with Gasteiger partial charge in [-0.15, -0.1) is 0 Å². The molecule has 0 aliphatic heterocycles. The number of hydrogen-bond donors (Lipinski definition) is 2. The van der Waals surface area contributed by atoms with Crippen LogP contribution < -0.4 is 20.1 Å². The van der Waals surface area contributed by atoms with E-state index >= 15 is 0 Å². The number of amides is 2. The average Bonchev–Trinajstić information content (AvgIpc) is 2.71. The molecule has 3 rings (SSSR count). The molecule has 1 heterocycles. The zero-order chi connectivity index (χ0) is 19.1. The lowest BCUT2D eigenvalue weighted by molar-refractivity contribution is -0.125. The molecule has 0 unspecified atom stereocenters. The summed E-state index contributed by atoms with van der Waals surface area (Å²) in [5.41, 5.74) is 1.30. The summed E-state index contributed by atoms with van der Waals surface area (Å²) in [6.45, 7) is -0.344. The van der Waals surface area contributed by atoms with E-state index < -0.39 is 5.91 Å². The van der Waals surface area contributed by atoms with Gasteiger partial charge in [0.1, 0.15) is 11.5 Å². The molecule has 0 atom stereocenters. The van der Waals surface area contributed by atoms with Gasteiger partial charge >= 0.3 is 0 Å². The normalized spacial score (nSPS) is 10.3. The minimum atomic E-state index is -0.392. The molecule has 7 heteroatoms. The first kappa shape index (κ1) is 18.2. The van der Waals surface area contributed by atoms with E-state index in [1.807, 2.05) is 24.3 Å². The maximum Gasteiger partial charge on any atom is 0.258 e. The molecular formula is C20H19N3O4. The molecule has 0 aliphatic carbocycles. The number of nitrogens with zero attached hydrogens (tertiary/aromatic N) is 1. The van der Waals surface area contributed by atoms with E-state index in [0.717, 1.165) is 5.39 Å². The summed E-state index contributed by atoms with van der Waals surface area (Å²) in [4.78, 5) is 28.2. The van der Waals surface area contributed by atoms with Gasteiger partial charge in [-0.2, -0.15) is 0 Å². The molecule has 138 valence electrons. The zero-order valence-electron chi connectivity index (χ0n) is 14.8. The van der Waals surface area contributed by atoms with E-state index in [9.17, 15) is 9.59 Å². The minimum Gasteiger partial charge on any atom is -0.497 e. The SMILES string of the molecule is COc1ccc(OCC(=O)NCC(=O)Nc2cccc3cccnc23)cc1. The summed E-state index contributed by atoms with van der Waals surface area (Å²) >= 11 is 0. The molecule has 0 bridgehead atoms. The van der Waals surface area contributed by atoms with Crippen LogP contribution in [0.5, 0.6) is 11.5 Å². The molecule has 0 saturated carbocycles. The molecule has 0 spiro atoms. The van der Waals surface area contributed by atoms with Crippen molar-refractivity contribution < 1.29 is 19.1 Å². The molecule has 0 radical (unpaired) electrons. The number of fused-ring (bicyclic) bond motifs is 1. The van der Waals surface area contributed by atoms with Crippen molar-refractivity contribution in [3.05, 3.63) is 60.8 Å². The van der Waals surface area contributed by atoms with Crippen molar-refractivity contribution in [1.29, 1.82) is 0 Å². The Morgan fingerprint density at radius 2 is 1.70 bits per heavy atom. The monoisotopic (exact) mass is 365 g/mol. The summed E-state index contributed by atoms with van der Waals surface area (Å²) in [5.74, 6) is 0.506. The van der Waals surface area contributed by atoms with Gasteiger partial charge in [0.2, 0.25) is 5.91 Å². The first-order valence-corrected chi connectivity index (χ1v) is 8.33. The molecule has 2 aromatic carbocycles. The smallest absolute Gasteiger partial charge is 0.258 e. The molecule has 0 saturated heterocycles. The van der Waals surface area contributed by atoms with E-state index in [-0.39, 0.29) is 19.1 Å². The Kier molecular flexibility index (Phi) is 5.84. The standard InChI is InChI=1S/C20H19N3O4/c1-26-15-7-9-16(10-8-15)27-13-19(25)22-12-18(24)23-17-6-2-4-14-5-3-11-21-20(14)17/h2-11H,12-13H2,1H3,(H,22,25)(H,23,24). The highest BCUT2D eigenvalue weighted by Crippen LogP contribution is 2.20. The van der Waals surface area contributed by atoms with Gasteiger partial charge in [-0.3, -0.25) is 14.6 Å². The molecule has 0 fully saturated rings. The quantitative estimate of drug-likeness (QED) is 0.671. The molecule has 3 aromatic rings. The van der Waals surface area contributed by atoms with Crippen molar-refractivity contribution in [2.75, 3.05) is 25.6 Å². The average molecular weight is 365 g/mol. The Hall–Kier alpha value is -3.61. The number of carbonyl (C=O) groups is 2. The van der Waals surface area contributed by atoms with Gasteiger partial charge in [0.15, 0.2) is 6.61 Å². The third-order valence-electron chi connectivity index (χ3n) is 3.78. The molecule has 7 nitrogen and oxygen atoms in total. The Bertz CT molecular complexity index is 936. The van der Waals surface area contributed by atoms with Crippen LogP contribution in [0.3, 0.4) is 0 Å². The maximum absolute atomic E-state index is 12.1. The van der Waals surface area contributed by atoms with E-state index in [2.05, 4.69) is 15.6 Å². The second-order valence-corrected chi connectivity index (χ2v) is 5.67. The second-order valence-electron chi connectivity index (χ2n) is 5.67. The highest BCUT2D eigenvalue weighted by molar-refractivity contribution is 6.01. The van der Waals surface area contributed by atoms with Gasteiger partial charge in [0.25, 0.3) is 5.91 Å². The summed E-state index contributed by atoms with van der Waals surface area (Å²) in [6, 6.07) is 16.1. The van der Waals surface area contributed by atoms with Crippen LogP contribution in [-0.4, -0.2) is 37.1 Å². The predicted molar refractivity (Wildman–Crippen MR) is 102 cm³/mol. The Labute approximate surface area is 156 Å². The minimum absolute atomic E-state index is 0.159. The zero-order valence-corrected chi connectivity index (χ0v) is 14.8. The molecule has 0 aliphatic rings. The van der Waals surface area contributed by atoms with Crippen molar-refractivity contribution in [3.63, 3.8) is 0 Å². The van der Waals surface area contributed by atoms with Crippen molar-refractivity contribution in [1.82, 2.24) is 10.3 Å². The number of ether oxygens (including phenoxy) is 2. The number of carbonyl (C=O) groups excluding carboxylic acids is 2. The maximum atomic E-state index is 12.1. The topological polar surface area (TPSA) is 89.5 Å². The fourth-order valence-corrected chi connectivity index (χ4v) is 2.45. The van der Waals surface area contributed by atoms with E-state index in [1.165, 1.54) is 0 Å². The van der Waals surface area contributed by atoms with Gasteiger partial charge in [-0.05, 0) is 36.4 Å². The van der Waals surface area contributed by atoms with Crippen LogP contribution in [0.4, 0.5) is 5.69 Å². The number of hydrogen-bond acceptors (Lipinski definition) is 5. The third-order valence-corrected chi connectivity index (χ3v) is 3.78. The number of aromatic nitrogens is 1. The van der Waals surface area contributed by atoms with E-state index in [1.54, 1.807) is 43.6 Å². The molecule has 2 N–H and O–H groups in total. The van der Waals surface area contributed by atoms with Gasteiger partial charge in [-0.1, -0.05) is 18.2 Å². The Morgan fingerprint density at radius 3 is 2.48 bits per heavy atom. The number of pyridine rings is 1. The van der Waals surface area contributed by atoms with Crippen LogP contribution in [0.25, 0.3) is 10.9 Å². The highest BCUT2D eigenvalue weighted by Gasteiger charge is 2.09. The van der Waals surface area contributed by atoms with Crippen LogP contribution in [0, 0.1) is 0 Å². The summed E-state index contributed by atoms with van der Waals surface area (Å²) in [7, 11) is 1.57. The van der Waals surface area contributed by atoms with Crippen LogP contribution >= 0.6 is 0 Å². The number of rotatable bonds is 7. The fourth-order valence-electron chi connectivity index (χ4n) is 2.45. The fraction of sp³-hybridized carbons (Fsp3) is 0.150. The van der Waals surface area contributed by atoms with Gasteiger partial charge in [-0.25, -0.2) is 0 Å². The van der Waals surface area contributed by atoms with Crippen molar-refractivity contribution >= 4 is 28.4 Å². The van der Waals surface area contributed by atoms with Gasteiger partial charge < -0.3 is 20.1 Å². The predicted octanol–water partition coefficient (Wildman–Crippen LogP) is 2.38. The lowest BCUT2D eigenvalue weighted by Crippen LogP contribution is -2.35. The van der Waals surface area contributed by atoms with Crippen LogP contribution in [0.2, 0.25) is 0 Å². The van der Waals surface area contributed by atoms with Gasteiger partial charge in [0.05, 0.1) is 24.9 Å². The Balaban J connectivity index is 1.47. The molecule has 2 amide bonds. The third kappa shape index (κ3) is 4.94. The van der Waals surface area contributed by atoms with Crippen molar-refractivity contribution in [2.45, 2.75) is 0 Å². The summed E-state index contributed by atoms with van der Waals surface area (Å²) in [5, 5.41) is 6.20. The van der Waals surface area contributed by atoms with Crippen molar-refractivity contribution in [3.8, 4) is 11.5 Å². The number of anilines is 1. The molecule has 27 heavy (non-hydrogen) atoms. The lowest BCUT2D eigenvalue weighted by Gasteiger charge is -2.10. The number of para-hydroxylation sites is 1. The first-order chi connectivity index (χ1) is 13.2. The largest absolute Gasteiger partial charge is 0.497 e. The van der Waals surface area contributed by atoms with Crippen LogP contribution in [0.1, 0.15) is 0 Å². The van der Waals surface area contributed by atoms with E-state index in [0.29, 0.717) is 22.7 Å². The van der Waals surface area contributed by atoms with Crippen LogP contribution in [-0.2, 0) is 9.59 Å². The van der Waals surface area contributed by atoms with Crippen molar-refractivity contribution in [2.24, 2.45) is 0 Å². The number of nitrogens with one attached hydrogen (secondary N) is 2. The second kappa shape index (κ2) is 8.66. The molecular weight excluding hydrogens is 346 g/mol. The highest BCUT2D eigenvalue weighted by atomic mass is 16.5. The van der Waals surface area contributed by atoms with Gasteiger partial charge in [0, 0.05) is 11.6 Å². The number of methoxy groups -OCH3 is 1. The Morgan fingerprint density at radius 1 is 0.963 bits per heavy atom. The summed E-state index contributed by atoms with van der Waals surface area (Å²) in [6.07, 6.45) is 1.66.